The molecule has 1 saturated heterocycles. The Labute approximate surface area is 166 Å². The van der Waals surface area contributed by atoms with Crippen molar-refractivity contribution in [3.8, 4) is 6.07 Å². The molecule has 1 aromatic carbocycles. The number of unbranched alkanes of at least 4 members (excludes halogenated alkanes) is 1. The van der Waals surface area contributed by atoms with Gasteiger partial charge in [0.2, 0.25) is 0 Å². The maximum atomic E-state index is 9.12. The lowest BCUT2D eigenvalue weighted by atomic mass is 10.1. The van der Waals surface area contributed by atoms with Crippen LogP contribution < -0.4 is 4.90 Å². The van der Waals surface area contributed by atoms with Crippen molar-refractivity contribution in [2.75, 3.05) is 37.6 Å². The second-order valence-electron chi connectivity index (χ2n) is 7.62. The Morgan fingerprint density at radius 2 is 2.00 bits per heavy atom. The number of pyridine rings is 1. The molecule has 1 fully saturated rings. The Balaban J connectivity index is 1.24. The van der Waals surface area contributed by atoms with Crippen LogP contribution in [0.3, 0.4) is 0 Å². The molecule has 144 valence electrons. The largest absolute Gasteiger partial charge is 0.361 e. The lowest BCUT2D eigenvalue weighted by molar-refractivity contribution is 0.252. The van der Waals surface area contributed by atoms with E-state index in [1.54, 1.807) is 0 Å². The number of hydrogen-bond acceptors (Lipinski definition) is 4. The summed E-state index contributed by atoms with van der Waals surface area (Å²) < 4.78 is 0. The van der Waals surface area contributed by atoms with Crippen molar-refractivity contribution in [2.24, 2.45) is 0 Å². The highest BCUT2D eigenvalue weighted by molar-refractivity contribution is 5.84. The number of hydrogen-bond donors (Lipinski definition) is 1. The first kappa shape index (κ1) is 18.5. The number of nitrogens with one attached hydrogen (secondary N) is 1. The first-order chi connectivity index (χ1) is 13.7. The quantitative estimate of drug-likeness (QED) is 0.666. The maximum absolute atomic E-state index is 9.12. The van der Waals surface area contributed by atoms with Crippen LogP contribution in [0.4, 0.5) is 5.82 Å². The second kappa shape index (κ2) is 8.45. The number of nitrogens with zero attached hydrogens (tertiary/aromatic N) is 4. The van der Waals surface area contributed by atoms with Crippen LogP contribution in [-0.2, 0) is 6.42 Å². The average Bonchev–Trinajstić information content (AvgIpc) is 3.14. The van der Waals surface area contributed by atoms with Crippen LogP contribution in [0.1, 0.15) is 29.5 Å². The lowest BCUT2D eigenvalue weighted by Crippen LogP contribution is -2.47. The summed E-state index contributed by atoms with van der Waals surface area (Å²) in [6.45, 7) is 7.61. The predicted octanol–water partition coefficient (Wildman–Crippen LogP) is 3.89. The molecule has 1 aliphatic heterocycles. The number of aromatic nitrogens is 2. The minimum absolute atomic E-state index is 0.731. The third-order valence-corrected chi connectivity index (χ3v) is 5.72. The van der Waals surface area contributed by atoms with Gasteiger partial charge in [0, 0.05) is 49.5 Å². The Hall–Kier alpha value is -2.84. The maximum Gasteiger partial charge on any atom is 0.131 e. The molecule has 1 aliphatic rings. The zero-order chi connectivity index (χ0) is 19.3. The van der Waals surface area contributed by atoms with E-state index in [0.717, 1.165) is 56.0 Å². The van der Waals surface area contributed by atoms with E-state index in [2.05, 4.69) is 45.0 Å². The zero-order valence-electron chi connectivity index (χ0n) is 16.5. The number of aromatic amines is 1. The molecular weight excluding hydrogens is 346 g/mol. The molecule has 5 nitrogen and oxygen atoms in total. The minimum atomic E-state index is 0.731. The van der Waals surface area contributed by atoms with Gasteiger partial charge >= 0.3 is 0 Å². The van der Waals surface area contributed by atoms with Gasteiger partial charge in [-0.2, -0.15) is 5.26 Å². The van der Waals surface area contributed by atoms with Gasteiger partial charge in [-0.25, -0.2) is 4.98 Å². The van der Waals surface area contributed by atoms with Crippen molar-refractivity contribution < 1.29 is 0 Å². The number of benzene rings is 1. The molecule has 3 heterocycles. The molecule has 0 atom stereocenters. The molecule has 2 aromatic heterocycles. The number of anilines is 1. The van der Waals surface area contributed by atoms with E-state index >= 15 is 0 Å². The van der Waals surface area contributed by atoms with Gasteiger partial charge in [-0.1, -0.05) is 6.07 Å². The molecule has 0 amide bonds. The summed E-state index contributed by atoms with van der Waals surface area (Å²) in [5.41, 5.74) is 4.43. The zero-order valence-corrected chi connectivity index (χ0v) is 16.5. The molecule has 5 heteroatoms. The SMILES string of the molecule is Cc1cccnc1N1CCN(CCCCc2c[nH]c3ccc(C#N)cc23)CC1. The van der Waals surface area contributed by atoms with Crippen LogP contribution in [0.2, 0.25) is 0 Å². The summed E-state index contributed by atoms with van der Waals surface area (Å²) >= 11 is 0. The van der Waals surface area contributed by atoms with E-state index in [1.165, 1.54) is 29.4 Å². The monoisotopic (exact) mass is 373 g/mol. The Bertz CT molecular complexity index is 976. The summed E-state index contributed by atoms with van der Waals surface area (Å²) in [6, 6.07) is 12.2. The van der Waals surface area contributed by atoms with Crippen LogP contribution in [0.15, 0.2) is 42.7 Å². The van der Waals surface area contributed by atoms with E-state index in [4.69, 9.17) is 5.26 Å². The number of aryl methyl sites for hydroxylation is 2. The molecule has 0 aliphatic carbocycles. The lowest BCUT2D eigenvalue weighted by Gasteiger charge is -2.36. The number of fused-ring (bicyclic) bond motifs is 1. The fraction of sp³-hybridized carbons (Fsp3) is 0.391. The highest BCUT2D eigenvalue weighted by Crippen LogP contribution is 2.22. The number of nitriles is 1. The fourth-order valence-electron chi connectivity index (χ4n) is 4.10. The molecular formula is C23H27N5. The van der Waals surface area contributed by atoms with Crippen LogP contribution in [-0.4, -0.2) is 47.6 Å². The molecule has 0 radical (unpaired) electrons. The smallest absolute Gasteiger partial charge is 0.131 e. The van der Waals surface area contributed by atoms with Gasteiger partial charge in [-0.15, -0.1) is 0 Å². The van der Waals surface area contributed by atoms with Crippen molar-refractivity contribution in [1.29, 1.82) is 5.26 Å². The van der Waals surface area contributed by atoms with Gasteiger partial charge < -0.3 is 9.88 Å². The molecule has 3 aromatic rings. The third kappa shape index (κ3) is 4.02. The van der Waals surface area contributed by atoms with Crippen molar-refractivity contribution in [3.05, 3.63) is 59.4 Å². The van der Waals surface area contributed by atoms with E-state index < -0.39 is 0 Å². The van der Waals surface area contributed by atoms with Crippen LogP contribution in [0.5, 0.6) is 0 Å². The first-order valence-corrected chi connectivity index (χ1v) is 10.1. The van der Waals surface area contributed by atoms with E-state index in [1.807, 2.05) is 30.5 Å². The molecule has 0 bridgehead atoms. The van der Waals surface area contributed by atoms with Gasteiger partial charge in [-0.05, 0) is 68.1 Å². The van der Waals surface area contributed by atoms with Gasteiger partial charge in [0.1, 0.15) is 5.82 Å². The topological polar surface area (TPSA) is 59.0 Å². The second-order valence-corrected chi connectivity index (χ2v) is 7.62. The first-order valence-electron chi connectivity index (χ1n) is 10.1. The van der Waals surface area contributed by atoms with Crippen molar-refractivity contribution in [3.63, 3.8) is 0 Å². The van der Waals surface area contributed by atoms with Gasteiger partial charge in [0.05, 0.1) is 11.6 Å². The van der Waals surface area contributed by atoms with E-state index in [9.17, 15) is 0 Å². The number of H-pyrrole nitrogens is 1. The van der Waals surface area contributed by atoms with Gasteiger partial charge in [-0.3, -0.25) is 4.90 Å². The highest BCUT2D eigenvalue weighted by Gasteiger charge is 2.18. The third-order valence-electron chi connectivity index (χ3n) is 5.72. The van der Waals surface area contributed by atoms with Crippen LogP contribution in [0, 0.1) is 18.3 Å². The average molecular weight is 374 g/mol. The molecule has 1 N–H and O–H groups in total. The van der Waals surface area contributed by atoms with E-state index in [-0.39, 0.29) is 0 Å². The van der Waals surface area contributed by atoms with Crippen LogP contribution >= 0.6 is 0 Å². The molecule has 0 unspecified atom stereocenters. The fourth-order valence-corrected chi connectivity index (χ4v) is 4.10. The molecule has 28 heavy (non-hydrogen) atoms. The Morgan fingerprint density at radius 1 is 1.14 bits per heavy atom. The minimum Gasteiger partial charge on any atom is -0.361 e. The van der Waals surface area contributed by atoms with E-state index in [0.29, 0.717) is 0 Å². The number of piperazine rings is 1. The van der Waals surface area contributed by atoms with Gasteiger partial charge in [0.15, 0.2) is 0 Å². The van der Waals surface area contributed by atoms with Crippen molar-refractivity contribution in [1.82, 2.24) is 14.9 Å². The highest BCUT2D eigenvalue weighted by atomic mass is 15.3. The molecule has 0 spiro atoms. The van der Waals surface area contributed by atoms with Gasteiger partial charge in [0.25, 0.3) is 0 Å². The van der Waals surface area contributed by atoms with Crippen LogP contribution in [0.25, 0.3) is 10.9 Å². The predicted molar refractivity (Wildman–Crippen MR) is 114 cm³/mol. The standard InChI is InChI=1S/C23H27N5/c1-18-5-4-9-25-23(18)28-13-11-27(12-14-28)10-3-2-6-20-17-26-22-8-7-19(16-24)15-21(20)22/h4-5,7-9,15,17,26H,2-3,6,10-14H2,1H3. The summed E-state index contributed by atoms with van der Waals surface area (Å²) in [5, 5.41) is 10.3. The summed E-state index contributed by atoms with van der Waals surface area (Å²) in [5.74, 6) is 1.14. The van der Waals surface area contributed by atoms with Crippen molar-refractivity contribution in [2.45, 2.75) is 26.2 Å². The molecule has 4 rings (SSSR count). The van der Waals surface area contributed by atoms with Crippen molar-refractivity contribution >= 4 is 16.7 Å². The number of rotatable bonds is 6. The summed E-state index contributed by atoms with van der Waals surface area (Å²) in [6.07, 6.45) is 7.41. The summed E-state index contributed by atoms with van der Waals surface area (Å²) in [7, 11) is 0. The summed E-state index contributed by atoms with van der Waals surface area (Å²) in [4.78, 5) is 12.9. The Morgan fingerprint density at radius 3 is 2.79 bits per heavy atom. The normalized spacial score (nSPS) is 15.1. The molecule has 0 saturated carbocycles. The Kier molecular flexibility index (Phi) is 5.59.